The van der Waals surface area contributed by atoms with Crippen LogP contribution in [0.2, 0.25) is 0 Å². The van der Waals surface area contributed by atoms with Crippen molar-refractivity contribution in [2.24, 2.45) is 0 Å². The molecule has 0 bridgehead atoms. The predicted octanol–water partition coefficient (Wildman–Crippen LogP) is 3.19. The number of phenols is 1. The van der Waals surface area contributed by atoms with Crippen molar-refractivity contribution in [2.45, 2.75) is 19.4 Å². The Kier molecular flexibility index (Phi) is 5.36. The van der Waals surface area contributed by atoms with E-state index in [1.54, 1.807) is 19.2 Å². The van der Waals surface area contributed by atoms with Crippen LogP contribution in [0, 0.1) is 10.1 Å². The maximum absolute atomic E-state index is 12.4. The second-order valence-electron chi connectivity index (χ2n) is 5.17. The number of benzene rings is 2. The van der Waals surface area contributed by atoms with Gasteiger partial charge in [-0.3, -0.25) is 14.9 Å². The molecule has 0 spiro atoms. The molecule has 1 unspecified atom stereocenters. The van der Waals surface area contributed by atoms with Crippen LogP contribution in [-0.4, -0.2) is 23.0 Å². The lowest BCUT2D eigenvalue weighted by Gasteiger charge is -2.18. The smallest absolute Gasteiger partial charge is 0.285 e. The number of nitro groups is 1. The maximum atomic E-state index is 12.4. The average molecular weight is 330 g/mol. The van der Waals surface area contributed by atoms with Crippen LogP contribution in [0.15, 0.2) is 42.5 Å². The van der Waals surface area contributed by atoms with Crippen LogP contribution in [-0.2, 0) is 0 Å². The van der Waals surface area contributed by atoms with Crippen molar-refractivity contribution in [3.05, 3.63) is 63.7 Å². The Balaban J connectivity index is 2.24. The summed E-state index contributed by atoms with van der Waals surface area (Å²) in [6, 6.07) is 10.4. The van der Waals surface area contributed by atoms with E-state index in [0.717, 1.165) is 11.6 Å². The molecule has 0 aliphatic carbocycles. The van der Waals surface area contributed by atoms with Gasteiger partial charge in [0.2, 0.25) is 0 Å². The van der Waals surface area contributed by atoms with E-state index < -0.39 is 16.5 Å². The second-order valence-corrected chi connectivity index (χ2v) is 5.17. The van der Waals surface area contributed by atoms with Gasteiger partial charge < -0.3 is 15.2 Å². The molecule has 0 radical (unpaired) electrons. The van der Waals surface area contributed by atoms with E-state index in [9.17, 15) is 20.0 Å². The fraction of sp³-hybridized carbons (Fsp3) is 0.235. The van der Waals surface area contributed by atoms with Gasteiger partial charge in [-0.2, -0.15) is 0 Å². The summed E-state index contributed by atoms with van der Waals surface area (Å²) in [5, 5.41) is 23.2. The fourth-order valence-electron chi connectivity index (χ4n) is 2.36. The van der Waals surface area contributed by atoms with Crippen LogP contribution in [0.1, 0.15) is 35.3 Å². The van der Waals surface area contributed by atoms with Crippen molar-refractivity contribution >= 4 is 11.6 Å². The molecule has 2 rings (SSSR count). The highest BCUT2D eigenvalue weighted by atomic mass is 16.6. The standard InChI is InChI=1S/C17H18N2O5/c1-3-15(11-4-7-13(24-2)8-5-11)18-17(21)14-9-6-12(20)10-16(14)19(22)23/h4-10,15,20H,3H2,1-2H3,(H,18,21). The third-order valence-corrected chi connectivity index (χ3v) is 3.65. The van der Waals surface area contributed by atoms with Gasteiger partial charge in [0.1, 0.15) is 17.1 Å². The highest BCUT2D eigenvalue weighted by molar-refractivity contribution is 5.98. The van der Waals surface area contributed by atoms with E-state index in [-0.39, 0.29) is 17.4 Å². The molecule has 0 saturated carbocycles. The van der Waals surface area contributed by atoms with Crippen molar-refractivity contribution in [3.8, 4) is 11.5 Å². The number of aromatic hydroxyl groups is 1. The number of nitrogens with one attached hydrogen (secondary N) is 1. The predicted molar refractivity (Wildman–Crippen MR) is 88.3 cm³/mol. The summed E-state index contributed by atoms with van der Waals surface area (Å²) in [5.74, 6) is -0.126. The zero-order valence-corrected chi connectivity index (χ0v) is 13.4. The van der Waals surface area contributed by atoms with Crippen LogP contribution < -0.4 is 10.1 Å². The van der Waals surface area contributed by atoms with Gasteiger partial charge in [0, 0.05) is 0 Å². The summed E-state index contributed by atoms with van der Waals surface area (Å²) in [5.41, 5.74) is 0.343. The largest absolute Gasteiger partial charge is 0.508 e. The van der Waals surface area contributed by atoms with Crippen LogP contribution in [0.5, 0.6) is 11.5 Å². The Morgan fingerprint density at radius 2 is 1.96 bits per heavy atom. The molecule has 2 N–H and O–H groups in total. The van der Waals surface area contributed by atoms with Gasteiger partial charge in [-0.25, -0.2) is 0 Å². The van der Waals surface area contributed by atoms with E-state index >= 15 is 0 Å². The number of nitrogens with zero attached hydrogens (tertiary/aromatic N) is 1. The van der Waals surface area contributed by atoms with Gasteiger partial charge in [0.25, 0.3) is 11.6 Å². The molecule has 1 amide bonds. The number of hydrogen-bond acceptors (Lipinski definition) is 5. The van der Waals surface area contributed by atoms with Crippen LogP contribution in [0.3, 0.4) is 0 Å². The van der Waals surface area contributed by atoms with Crippen molar-refractivity contribution in [2.75, 3.05) is 7.11 Å². The van der Waals surface area contributed by atoms with Crippen LogP contribution in [0.4, 0.5) is 5.69 Å². The monoisotopic (exact) mass is 330 g/mol. The second kappa shape index (κ2) is 7.45. The average Bonchev–Trinajstić information content (AvgIpc) is 2.59. The Hall–Kier alpha value is -3.09. The summed E-state index contributed by atoms with van der Waals surface area (Å²) in [6.45, 7) is 1.90. The molecule has 0 aromatic heterocycles. The minimum Gasteiger partial charge on any atom is -0.508 e. The molecule has 2 aromatic carbocycles. The summed E-state index contributed by atoms with van der Waals surface area (Å²) < 4.78 is 5.10. The first kappa shape index (κ1) is 17.3. The first-order chi connectivity index (χ1) is 11.5. The van der Waals surface area contributed by atoms with E-state index in [4.69, 9.17) is 4.74 Å². The molecular weight excluding hydrogens is 312 g/mol. The summed E-state index contributed by atoms with van der Waals surface area (Å²) >= 11 is 0. The van der Waals surface area contributed by atoms with Crippen LogP contribution >= 0.6 is 0 Å². The number of carbonyl (C=O) groups is 1. The lowest BCUT2D eigenvalue weighted by atomic mass is 10.0. The van der Waals surface area contributed by atoms with Gasteiger partial charge >= 0.3 is 0 Å². The van der Waals surface area contributed by atoms with Gasteiger partial charge in [0.05, 0.1) is 24.1 Å². The van der Waals surface area contributed by atoms with Crippen molar-refractivity contribution in [3.63, 3.8) is 0 Å². The number of hydrogen-bond donors (Lipinski definition) is 2. The molecular formula is C17H18N2O5. The molecule has 2 aromatic rings. The quantitative estimate of drug-likeness (QED) is 0.625. The zero-order valence-electron chi connectivity index (χ0n) is 13.4. The SMILES string of the molecule is CCC(NC(=O)c1ccc(O)cc1[N+](=O)[O-])c1ccc(OC)cc1. The minimum atomic E-state index is -0.692. The number of ether oxygens (including phenoxy) is 1. The van der Waals surface area contributed by atoms with Crippen molar-refractivity contribution in [1.29, 1.82) is 0 Å². The summed E-state index contributed by atoms with van der Waals surface area (Å²) in [4.78, 5) is 22.8. The van der Waals surface area contributed by atoms with Gasteiger partial charge in [0.15, 0.2) is 0 Å². The lowest BCUT2D eigenvalue weighted by Crippen LogP contribution is -2.28. The molecule has 7 heteroatoms. The molecule has 0 saturated heterocycles. The number of rotatable bonds is 6. The van der Waals surface area contributed by atoms with Crippen molar-refractivity contribution < 1.29 is 19.6 Å². The highest BCUT2D eigenvalue weighted by Crippen LogP contribution is 2.26. The van der Waals surface area contributed by atoms with E-state index in [0.29, 0.717) is 12.2 Å². The number of carbonyl (C=O) groups excluding carboxylic acids is 1. The molecule has 0 fully saturated rings. The first-order valence-electron chi connectivity index (χ1n) is 7.38. The van der Waals surface area contributed by atoms with E-state index in [2.05, 4.69) is 5.32 Å². The number of amides is 1. The third kappa shape index (κ3) is 3.81. The molecule has 0 aliphatic rings. The lowest BCUT2D eigenvalue weighted by molar-refractivity contribution is -0.385. The summed E-state index contributed by atoms with van der Waals surface area (Å²) in [6.07, 6.45) is 0.615. The topological polar surface area (TPSA) is 102 Å². The minimum absolute atomic E-state index is 0.0928. The first-order valence-corrected chi connectivity index (χ1v) is 7.38. The molecule has 0 heterocycles. The summed E-state index contributed by atoms with van der Waals surface area (Å²) in [7, 11) is 1.57. The maximum Gasteiger partial charge on any atom is 0.285 e. The van der Waals surface area contributed by atoms with Gasteiger partial charge in [-0.1, -0.05) is 19.1 Å². The third-order valence-electron chi connectivity index (χ3n) is 3.65. The molecule has 1 atom stereocenters. The Bertz CT molecular complexity index is 743. The van der Waals surface area contributed by atoms with Gasteiger partial charge in [-0.15, -0.1) is 0 Å². The Morgan fingerprint density at radius 3 is 2.50 bits per heavy atom. The number of nitro benzene ring substituents is 1. The molecule has 126 valence electrons. The number of phenolic OH excluding ortho intramolecular Hbond substituents is 1. The number of methoxy groups -OCH3 is 1. The van der Waals surface area contributed by atoms with E-state index in [1.807, 2.05) is 19.1 Å². The zero-order chi connectivity index (χ0) is 17.7. The van der Waals surface area contributed by atoms with Crippen molar-refractivity contribution in [1.82, 2.24) is 5.32 Å². The highest BCUT2D eigenvalue weighted by Gasteiger charge is 2.23. The normalized spacial score (nSPS) is 11.6. The van der Waals surface area contributed by atoms with Crippen LogP contribution in [0.25, 0.3) is 0 Å². The van der Waals surface area contributed by atoms with Gasteiger partial charge in [-0.05, 0) is 36.2 Å². The molecule has 7 nitrogen and oxygen atoms in total. The molecule has 0 aliphatic heterocycles. The Morgan fingerprint density at radius 1 is 1.29 bits per heavy atom. The fourth-order valence-corrected chi connectivity index (χ4v) is 2.36. The Labute approximate surface area is 139 Å². The van der Waals surface area contributed by atoms with E-state index in [1.165, 1.54) is 12.1 Å². The molecule has 24 heavy (non-hydrogen) atoms.